The lowest BCUT2D eigenvalue weighted by Gasteiger charge is -2.12. The smallest absolute Gasteiger partial charge is 0.0848 e. The van der Waals surface area contributed by atoms with Crippen molar-refractivity contribution < 1.29 is 0 Å². The van der Waals surface area contributed by atoms with Crippen molar-refractivity contribution in [3.05, 3.63) is 70.8 Å². The quantitative estimate of drug-likeness (QED) is 0.0685. The topological polar surface area (TPSA) is 24.7 Å². The van der Waals surface area contributed by atoms with Gasteiger partial charge in [0.25, 0.3) is 0 Å². The van der Waals surface area contributed by atoms with Gasteiger partial charge in [-0.15, -0.1) is 0 Å². The molecule has 2 aromatic rings. The fraction of sp³-hybridized carbons (Fsp3) is 0.644. The number of hydrogen-bond donors (Lipinski definition) is 0. The highest BCUT2D eigenvalue weighted by Gasteiger charge is 2.11. The normalized spacial score (nSPS) is 12.5. The zero-order valence-electron chi connectivity index (χ0n) is 31.8. The Bertz CT molecular complexity index is 1130. The van der Waals surface area contributed by atoms with Crippen LogP contribution in [0, 0.1) is 0 Å². The van der Waals surface area contributed by atoms with Crippen LogP contribution in [0.3, 0.4) is 0 Å². The molecule has 0 bridgehead atoms. The van der Waals surface area contributed by atoms with Crippen LogP contribution in [0.2, 0.25) is 0 Å². The Morgan fingerprint density at radius 1 is 0.447 bits per heavy atom. The average Bonchev–Trinajstić information content (AvgIpc) is 3.08. The second-order valence-electron chi connectivity index (χ2n) is 13.9. The standard InChI is InChI=1S/C45H72N2/c1-7-13-19-21-23-25-31-45(47-43-36-40(28-17-11-5)33-41(37-43)29-18-12-6)44(30-24-22-20-14-8-2)46-42-34-38(26-15-9-3)32-39(35-42)27-16-10-4/h24,30,32-37H,7-23,25-29,31H2,1-6H3. The minimum Gasteiger partial charge on any atom is -0.251 e. The second-order valence-corrected chi connectivity index (χ2v) is 13.9. The zero-order chi connectivity index (χ0) is 34.0. The fourth-order valence-electron chi connectivity index (χ4n) is 6.23. The van der Waals surface area contributed by atoms with E-state index >= 15 is 0 Å². The SMILES string of the molecule is CCCCCC=CC(=Nc1cc(CCCC)cc(CCCC)c1)C(CCCCCCCC)=Nc1cc(CCCC)cc(CCCC)c1. The molecule has 2 nitrogen and oxygen atoms in total. The first kappa shape index (κ1) is 40.7. The fourth-order valence-corrected chi connectivity index (χ4v) is 6.23. The third kappa shape index (κ3) is 18.0. The molecule has 0 aliphatic rings. The molecule has 0 fully saturated rings. The Morgan fingerprint density at radius 2 is 0.851 bits per heavy atom. The van der Waals surface area contributed by atoms with Crippen molar-refractivity contribution in [2.45, 2.75) is 189 Å². The predicted molar refractivity (Wildman–Crippen MR) is 213 cm³/mol. The van der Waals surface area contributed by atoms with Gasteiger partial charge in [-0.25, -0.2) is 4.99 Å². The van der Waals surface area contributed by atoms with Crippen LogP contribution < -0.4 is 0 Å². The van der Waals surface area contributed by atoms with Gasteiger partial charge in [-0.3, -0.25) is 4.99 Å². The largest absolute Gasteiger partial charge is 0.251 e. The van der Waals surface area contributed by atoms with Crippen LogP contribution in [0.15, 0.2) is 58.5 Å². The summed E-state index contributed by atoms with van der Waals surface area (Å²) in [5.41, 5.74) is 10.2. The van der Waals surface area contributed by atoms with E-state index in [9.17, 15) is 0 Å². The van der Waals surface area contributed by atoms with Crippen molar-refractivity contribution in [3.63, 3.8) is 0 Å². The van der Waals surface area contributed by atoms with E-state index in [0.717, 1.165) is 61.3 Å². The molecule has 0 N–H and O–H groups in total. The first-order valence-electron chi connectivity index (χ1n) is 20.1. The number of allylic oxidation sites excluding steroid dienone is 2. The van der Waals surface area contributed by atoms with Crippen molar-refractivity contribution >= 4 is 22.8 Å². The second kappa shape index (κ2) is 26.5. The Balaban J connectivity index is 2.65. The van der Waals surface area contributed by atoms with E-state index in [2.05, 4.69) is 90.1 Å². The molecule has 0 radical (unpaired) electrons. The third-order valence-electron chi connectivity index (χ3n) is 9.18. The van der Waals surface area contributed by atoms with Gasteiger partial charge in [-0.2, -0.15) is 0 Å². The number of rotatable bonds is 27. The lowest BCUT2D eigenvalue weighted by molar-refractivity contribution is 0.616. The minimum atomic E-state index is 0.978. The van der Waals surface area contributed by atoms with Gasteiger partial charge in [0, 0.05) is 0 Å². The van der Waals surface area contributed by atoms with E-state index in [1.54, 1.807) is 0 Å². The van der Waals surface area contributed by atoms with Crippen molar-refractivity contribution in [2.24, 2.45) is 9.98 Å². The summed E-state index contributed by atoms with van der Waals surface area (Å²) in [5.74, 6) is 0. The molecule has 0 saturated heterocycles. The Kier molecular flexibility index (Phi) is 22.9. The monoisotopic (exact) mass is 641 g/mol. The summed E-state index contributed by atoms with van der Waals surface area (Å²) in [7, 11) is 0. The molecule has 0 aliphatic heterocycles. The summed E-state index contributed by atoms with van der Waals surface area (Å²) >= 11 is 0. The number of unbranched alkanes of at least 4 members (excludes halogenated alkanes) is 12. The summed E-state index contributed by atoms with van der Waals surface area (Å²) in [4.78, 5) is 11.0. The molecule has 0 atom stereocenters. The molecule has 0 amide bonds. The zero-order valence-corrected chi connectivity index (χ0v) is 31.8. The molecule has 47 heavy (non-hydrogen) atoms. The highest BCUT2D eigenvalue weighted by atomic mass is 14.8. The van der Waals surface area contributed by atoms with E-state index < -0.39 is 0 Å². The Morgan fingerprint density at radius 3 is 1.32 bits per heavy atom. The van der Waals surface area contributed by atoms with Crippen molar-refractivity contribution in [3.8, 4) is 0 Å². The molecule has 2 aromatic carbocycles. The van der Waals surface area contributed by atoms with Crippen LogP contribution in [0.5, 0.6) is 0 Å². The van der Waals surface area contributed by atoms with E-state index in [0.29, 0.717) is 0 Å². The highest BCUT2D eigenvalue weighted by Crippen LogP contribution is 2.25. The number of hydrogen-bond acceptors (Lipinski definition) is 2. The maximum absolute atomic E-state index is 5.52. The molecular weight excluding hydrogens is 569 g/mol. The van der Waals surface area contributed by atoms with E-state index in [-0.39, 0.29) is 0 Å². The summed E-state index contributed by atoms with van der Waals surface area (Å²) in [6.45, 7) is 13.7. The third-order valence-corrected chi connectivity index (χ3v) is 9.18. The molecular formula is C45H72N2. The van der Waals surface area contributed by atoms with Gasteiger partial charge in [0.15, 0.2) is 0 Å². The van der Waals surface area contributed by atoms with Gasteiger partial charge in [0.2, 0.25) is 0 Å². The molecule has 262 valence electrons. The first-order valence-corrected chi connectivity index (χ1v) is 20.1. The minimum absolute atomic E-state index is 0.978. The maximum atomic E-state index is 5.52. The molecule has 0 aromatic heterocycles. The van der Waals surface area contributed by atoms with Crippen LogP contribution in [-0.2, 0) is 25.7 Å². The van der Waals surface area contributed by atoms with Gasteiger partial charge >= 0.3 is 0 Å². The van der Waals surface area contributed by atoms with E-state index in [1.165, 1.54) is 131 Å². The van der Waals surface area contributed by atoms with Gasteiger partial charge in [-0.1, -0.05) is 130 Å². The number of benzene rings is 2. The van der Waals surface area contributed by atoms with Gasteiger partial charge in [0.05, 0.1) is 22.8 Å². The summed E-state index contributed by atoms with van der Waals surface area (Å²) in [5, 5.41) is 0. The molecule has 0 saturated carbocycles. The summed E-state index contributed by atoms with van der Waals surface area (Å²) in [6, 6.07) is 14.3. The number of aryl methyl sites for hydroxylation is 4. The van der Waals surface area contributed by atoms with E-state index in [4.69, 9.17) is 9.98 Å². The molecule has 2 heteroatoms. The highest BCUT2D eigenvalue weighted by molar-refractivity contribution is 6.47. The van der Waals surface area contributed by atoms with Gasteiger partial charge in [0.1, 0.15) is 0 Å². The number of nitrogens with zero attached hydrogens (tertiary/aromatic N) is 2. The molecule has 0 spiro atoms. The van der Waals surface area contributed by atoms with Crippen LogP contribution in [0.25, 0.3) is 0 Å². The predicted octanol–water partition coefficient (Wildman–Crippen LogP) is 14.8. The van der Waals surface area contributed by atoms with Crippen LogP contribution in [-0.4, -0.2) is 11.4 Å². The molecule has 2 rings (SSSR count). The van der Waals surface area contributed by atoms with Crippen LogP contribution in [0.4, 0.5) is 11.4 Å². The Hall–Kier alpha value is -2.48. The summed E-state index contributed by atoms with van der Waals surface area (Å²) < 4.78 is 0. The number of aliphatic imine (C=N–C) groups is 2. The van der Waals surface area contributed by atoms with Crippen molar-refractivity contribution in [1.29, 1.82) is 0 Å². The maximum Gasteiger partial charge on any atom is 0.0848 e. The molecule has 0 heterocycles. The first-order chi connectivity index (χ1) is 23.1. The average molecular weight is 641 g/mol. The lowest BCUT2D eigenvalue weighted by Crippen LogP contribution is -2.12. The lowest BCUT2D eigenvalue weighted by atomic mass is 10.00. The molecule has 0 aliphatic carbocycles. The van der Waals surface area contributed by atoms with Gasteiger partial charge in [-0.05, 0) is 130 Å². The van der Waals surface area contributed by atoms with Gasteiger partial charge < -0.3 is 0 Å². The summed E-state index contributed by atoms with van der Waals surface area (Å²) in [6.07, 6.45) is 32.6. The van der Waals surface area contributed by atoms with Crippen LogP contribution >= 0.6 is 0 Å². The van der Waals surface area contributed by atoms with Crippen molar-refractivity contribution in [2.75, 3.05) is 0 Å². The van der Waals surface area contributed by atoms with Crippen molar-refractivity contribution in [1.82, 2.24) is 0 Å². The van der Waals surface area contributed by atoms with Crippen LogP contribution in [0.1, 0.15) is 186 Å². The van der Waals surface area contributed by atoms with E-state index in [1.807, 2.05) is 0 Å². The Labute approximate surface area is 292 Å². The molecule has 0 unspecified atom stereocenters.